The highest BCUT2D eigenvalue weighted by Crippen LogP contribution is 2.21. The third-order valence-corrected chi connectivity index (χ3v) is 3.20. The summed E-state index contributed by atoms with van der Waals surface area (Å²) in [6, 6.07) is 12.5. The molecule has 0 saturated heterocycles. The van der Waals surface area contributed by atoms with Crippen LogP contribution < -0.4 is 0 Å². The van der Waals surface area contributed by atoms with Crippen molar-refractivity contribution in [2.24, 2.45) is 4.99 Å². The van der Waals surface area contributed by atoms with Gasteiger partial charge in [-0.1, -0.05) is 30.3 Å². The van der Waals surface area contributed by atoms with Crippen molar-refractivity contribution in [3.05, 3.63) is 58.3 Å². The minimum atomic E-state index is 0.859. The largest absolute Gasteiger partial charge is 0.343 e. The lowest BCUT2D eigenvalue weighted by Gasteiger charge is -2.16. The monoisotopic (exact) mass is 274 g/mol. The van der Waals surface area contributed by atoms with Crippen LogP contribution in [0, 0.1) is 0 Å². The zero-order valence-corrected chi connectivity index (χ0v) is 10.3. The van der Waals surface area contributed by atoms with Gasteiger partial charge in [0, 0.05) is 22.8 Å². The van der Waals surface area contributed by atoms with Gasteiger partial charge in [-0.05, 0) is 22.0 Å². The first-order valence-electron chi connectivity index (χ1n) is 5.30. The maximum Gasteiger partial charge on any atom is 0.0884 e. The smallest absolute Gasteiger partial charge is 0.0884 e. The molecular formula is C13H11BrN2. The van der Waals surface area contributed by atoms with Crippen LogP contribution in [-0.2, 0) is 6.54 Å². The highest BCUT2D eigenvalue weighted by molar-refractivity contribution is 9.10. The van der Waals surface area contributed by atoms with E-state index in [1.165, 1.54) is 11.3 Å². The molecule has 0 spiro atoms. The van der Waals surface area contributed by atoms with Gasteiger partial charge in [0.2, 0.25) is 0 Å². The van der Waals surface area contributed by atoms with Crippen LogP contribution in [0.15, 0.2) is 52.1 Å². The molecule has 1 aromatic carbocycles. The van der Waals surface area contributed by atoms with E-state index in [9.17, 15) is 0 Å². The Morgan fingerprint density at radius 3 is 2.81 bits per heavy atom. The second-order valence-corrected chi connectivity index (χ2v) is 4.75. The van der Waals surface area contributed by atoms with Crippen molar-refractivity contribution in [1.29, 1.82) is 0 Å². The first-order chi connectivity index (χ1) is 7.84. The molecule has 2 heterocycles. The van der Waals surface area contributed by atoms with Crippen LogP contribution in [0.4, 0.5) is 0 Å². The zero-order valence-electron chi connectivity index (χ0n) is 8.73. The van der Waals surface area contributed by atoms with Gasteiger partial charge < -0.3 is 4.57 Å². The molecule has 0 N–H and O–H groups in total. The Labute approximate surface area is 103 Å². The molecule has 0 radical (unpaired) electrons. The van der Waals surface area contributed by atoms with Crippen LogP contribution >= 0.6 is 15.9 Å². The maximum atomic E-state index is 4.63. The number of fused-ring (bicyclic) bond motifs is 1. The normalized spacial score (nSPS) is 14.4. The molecule has 0 saturated carbocycles. The summed E-state index contributed by atoms with van der Waals surface area (Å²) in [5, 5.41) is 0. The molecule has 1 aliphatic rings. The first kappa shape index (κ1) is 9.85. The molecule has 2 aromatic rings. The van der Waals surface area contributed by atoms with Crippen molar-refractivity contribution >= 4 is 21.6 Å². The number of aromatic nitrogens is 1. The number of benzene rings is 1. The number of rotatable bonds is 1. The molecule has 3 rings (SSSR count). The van der Waals surface area contributed by atoms with E-state index in [2.05, 4.69) is 62.0 Å². The fourth-order valence-corrected chi connectivity index (χ4v) is 2.51. The lowest BCUT2D eigenvalue weighted by molar-refractivity contribution is 0.690. The Morgan fingerprint density at radius 1 is 1.19 bits per heavy atom. The Hall–Kier alpha value is -1.35. The molecule has 0 aliphatic carbocycles. The fraction of sp³-hybridized carbons (Fsp3) is 0.154. The van der Waals surface area contributed by atoms with Crippen LogP contribution in [0.2, 0.25) is 0 Å². The van der Waals surface area contributed by atoms with Crippen molar-refractivity contribution in [3.63, 3.8) is 0 Å². The Balaban J connectivity index is 2.12. The van der Waals surface area contributed by atoms with Crippen molar-refractivity contribution in [1.82, 2.24) is 4.57 Å². The topological polar surface area (TPSA) is 17.3 Å². The minimum Gasteiger partial charge on any atom is -0.343 e. The molecule has 0 atom stereocenters. The number of hydrogen-bond donors (Lipinski definition) is 0. The van der Waals surface area contributed by atoms with E-state index in [-0.39, 0.29) is 0 Å². The zero-order chi connectivity index (χ0) is 11.0. The summed E-state index contributed by atoms with van der Waals surface area (Å²) in [7, 11) is 0. The van der Waals surface area contributed by atoms with Crippen molar-refractivity contribution < 1.29 is 0 Å². The van der Waals surface area contributed by atoms with E-state index < -0.39 is 0 Å². The van der Waals surface area contributed by atoms with Gasteiger partial charge in [0.15, 0.2) is 0 Å². The van der Waals surface area contributed by atoms with E-state index in [1.807, 2.05) is 6.07 Å². The molecular weight excluding hydrogens is 264 g/mol. The summed E-state index contributed by atoms with van der Waals surface area (Å²) in [6.45, 7) is 1.83. The van der Waals surface area contributed by atoms with Gasteiger partial charge in [0.05, 0.1) is 18.0 Å². The second kappa shape index (κ2) is 3.91. The maximum absolute atomic E-state index is 4.63. The summed E-state index contributed by atoms with van der Waals surface area (Å²) in [5.41, 5.74) is 3.48. The van der Waals surface area contributed by atoms with E-state index in [0.29, 0.717) is 0 Å². The SMILES string of the molecule is Brc1cc2n(c1)CCN=C2c1ccccc1. The van der Waals surface area contributed by atoms with Gasteiger partial charge in [-0.25, -0.2) is 0 Å². The summed E-state index contributed by atoms with van der Waals surface area (Å²) < 4.78 is 3.37. The van der Waals surface area contributed by atoms with Gasteiger partial charge in [0.1, 0.15) is 0 Å². The Bertz CT molecular complexity index is 540. The summed E-state index contributed by atoms with van der Waals surface area (Å²) >= 11 is 3.52. The third-order valence-electron chi connectivity index (χ3n) is 2.76. The quantitative estimate of drug-likeness (QED) is 0.761. The molecule has 3 heteroatoms. The van der Waals surface area contributed by atoms with Crippen LogP contribution in [0.25, 0.3) is 0 Å². The highest BCUT2D eigenvalue weighted by Gasteiger charge is 2.15. The predicted octanol–water partition coefficient (Wildman–Crippen LogP) is 3.10. The van der Waals surface area contributed by atoms with Crippen LogP contribution in [0.5, 0.6) is 0 Å². The average molecular weight is 275 g/mol. The number of aliphatic imine (C=N–C) groups is 1. The van der Waals surface area contributed by atoms with E-state index in [0.717, 1.165) is 23.3 Å². The fourth-order valence-electron chi connectivity index (χ4n) is 2.04. The van der Waals surface area contributed by atoms with Gasteiger partial charge in [-0.15, -0.1) is 0 Å². The van der Waals surface area contributed by atoms with Crippen molar-refractivity contribution in [3.8, 4) is 0 Å². The lowest BCUT2D eigenvalue weighted by Crippen LogP contribution is -2.18. The van der Waals surface area contributed by atoms with E-state index in [4.69, 9.17) is 0 Å². The Morgan fingerprint density at radius 2 is 2.00 bits per heavy atom. The first-order valence-corrected chi connectivity index (χ1v) is 6.10. The van der Waals surface area contributed by atoms with Crippen LogP contribution in [0.1, 0.15) is 11.3 Å². The number of halogens is 1. The molecule has 0 amide bonds. The highest BCUT2D eigenvalue weighted by atomic mass is 79.9. The van der Waals surface area contributed by atoms with Gasteiger partial charge in [-0.2, -0.15) is 0 Å². The second-order valence-electron chi connectivity index (χ2n) is 3.83. The molecule has 80 valence electrons. The predicted molar refractivity (Wildman–Crippen MR) is 69.1 cm³/mol. The summed E-state index contributed by atoms with van der Waals surface area (Å²) in [6.07, 6.45) is 2.12. The standard InChI is InChI=1S/C13H11BrN2/c14-11-8-12-13(10-4-2-1-3-5-10)15-6-7-16(12)9-11/h1-5,8-9H,6-7H2. The van der Waals surface area contributed by atoms with Gasteiger partial charge in [-0.3, -0.25) is 4.99 Å². The van der Waals surface area contributed by atoms with Crippen molar-refractivity contribution in [2.45, 2.75) is 6.54 Å². The molecule has 1 aliphatic heterocycles. The summed E-state index contributed by atoms with van der Waals surface area (Å²) in [4.78, 5) is 4.63. The summed E-state index contributed by atoms with van der Waals surface area (Å²) in [5.74, 6) is 0. The molecule has 0 fully saturated rings. The molecule has 0 unspecified atom stereocenters. The van der Waals surface area contributed by atoms with Crippen LogP contribution in [0.3, 0.4) is 0 Å². The molecule has 2 nitrogen and oxygen atoms in total. The van der Waals surface area contributed by atoms with Gasteiger partial charge >= 0.3 is 0 Å². The molecule has 0 bridgehead atoms. The molecule has 16 heavy (non-hydrogen) atoms. The number of nitrogens with zero attached hydrogens (tertiary/aromatic N) is 2. The minimum absolute atomic E-state index is 0.859. The average Bonchev–Trinajstić information content (AvgIpc) is 2.70. The lowest BCUT2D eigenvalue weighted by atomic mass is 10.1. The Kier molecular flexibility index (Phi) is 2.40. The number of hydrogen-bond acceptors (Lipinski definition) is 1. The third kappa shape index (κ3) is 1.61. The van der Waals surface area contributed by atoms with E-state index in [1.54, 1.807) is 0 Å². The van der Waals surface area contributed by atoms with Crippen LogP contribution in [-0.4, -0.2) is 16.8 Å². The van der Waals surface area contributed by atoms with E-state index >= 15 is 0 Å². The molecule has 1 aromatic heterocycles. The van der Waals surface area contributed by atoms with Crippen molar-refractivity contribution in [2.75, 3.05) is 6.54 Å². The van der Waals surface area contributed by atoms with Gasteiger partial charge in [0.25, 0.3) is 0 Å².